The van der Waals surface area contributed by atoms with Crippen molar-refractivity contribution in [3.05, 3.63) is 35.4 Å². The summed E-state index contributed by atoms with van der Waals surface area (Å²) >= 11 is 0. The average Bonchev–Trinajstić information content (AvgIpc) is 2.44. The van der Waals surface area contributed by atoms with E-state index in [0.717, 1.165) is 12.1 Å². The molecule has 0 heterocycles. The van der Waals surface area contributed by atoms with Crippen molar-refractivity contribution in [2.24, 2.45) is 0 Å². The van der Waals surface area contributed by atoms with Gasteiger partial charge >= 0.3 is 0 Å². The van der Waals surface area contributed by atoms with Crippen molar-refractivity contribution >= 4 is 11.8 Å². The van der Waals surface area contributed by atoms with Gasteiger partial charge in [0.15, 0.2) is 11.6 Å². The topological polar surface area (TPSA) is 70.2 Å². The number of hydrogen-bond donors (Lipinski definition) is 3. The van der Waals surface area contributed by atoms with Crippen molar-refractivity contribution in [3.63, 3.8) is 0 Å². The first-order valence-corrected chi connectivity index (χ1v) is 6.94. The highest BCUT2D eigenvalue weighted by Gasteiger charge is 2.22. The number of amides is 2. The van der Waals surface area contributed by atoms with E-state index in [0.29, 0.717) is 18.7 Å². The minimum atomic E-state index is -0.924. The van der Waals surface area contributed by atoms with Gasteiger partial charge in [-0.3, -0.25) is 14.9 Å². The molecule has 122 valence electrons. The highest BCUT2D eigenvalue weighted by Crippen LogP contribution is 2.21. The normalized spacial score (nSPS) is 11.1. The van der Waals surface area contributed by atoms with E-state index in [4.69, 9.17) is 0 Å². The summed E-state index contributed by atoms with van der Waals surface area (Å²) in [5.74, 6) is -2.24. The van der Waals surface area contributed by atoms with Crippen molar-refractivity contribution in [1.29, 1.82) is 0 Å². The summed E-state index contributed by atoms with van der Waals surface area (Å²) in [6, 6.07) is 3.64. The number of carbonyl (C=O) groups is 2. The fraction of sp³-hybridized carbons (Fsp3) is 0.467. The molecule has 3 N–H and O–H groups in total. The smallest absolute Gasteiger partial charge is 0.234 e. The van der Waals surface area contributed by atoms with Crippen LogP contribution in [0.5, 0.6) is 0 Å². The number of halogens is 2. The number of carbonyl (C=O) groups excluding carboxylic acids is 2. The van der Waals surface area contributed by atoms with Gasteiger partial charge in [-0.1, -0.05) is 6.07 Å². The van der Waals surface area contributed by atoms with E-state index in [1.54, 1.807) is 13.8 Å². The molecule has 1 rings (SSSR count). The van der Waals surface area contributed by atoms with Crippen molar-refractivity contribution in [2.75, 3.05) is 19.6 Å². The Morgan fingerprint density at radius 1 is 1.09 bits per heavy atom. The molecule has 1 aromatic rings. The Labute approximate surface area is 128 Å². The van der Waals surface area contributed by atoms with Gasteiger partial charge in [0, 0.05) is 25.6 Å². The van der Waals surface area contributed by atoms with E-state index in [-0.39, 0.29) is 18.4 Å². The predicted octanol–water partition coefficient (Wildman–Crippen LogP) is 1.04. The molecule has 7 heteroatoms. The third kappa shape index (κ3) is 5.77. The first-order valence-electron chi connectivity index (χ1n) is 6.94. The molecule has 22 heavy (non-hydrogen) atoms. The van der Waals surface area contributed by atoms with Gasteiger partial charge in [0.25, 0.3) is 0 Å². The van der Waals surface area contributed by atoms with Gasteiger partial charge in [-0.15, -0.1) is 0 Å². The van der Waals surface area contributed by atoms with Crippen molar-refractivity contribution < 1.29 is 18.4 Å². The van der Waals surface area contributed by atoms with Gasteiger partial charge in [-0.05, 0) is 31.5 Å². The molecular formula is C15H21F2N3O2. The van der Waals surface area contributed by atoms with Crippen LogP contribution in [0.1, 0.15) is 26.3 Å². The fourth-order valence-corrected chi connectivity index (χ4v) is 1.79. The molecule has 5 nitrogen and oxygen atoms in total. The Morgan fingerprint density at radius 3 is 2.32 bits per heavy atom. The van der Waals surface area contributed by atoms with E-state index < -0.39 is 17.2 Å². The lowest BCUT2D eigenvalue weighted by Crippen LogP contribution is -2.44. The summed E-state index contributed by atoms with van der Waals surface area (Å²) in [6.07, 6.45) is 0. The Bertz CT molecular complexity index is 548. The summed E-state index contributed by atoms with van der Waals surface area (Å²) in [7, 11) is 0. The molecule has 0 aliphatic rings. The maximum absolute atomic E-state index is 13.3. The lowest BCUT2D eigenvalue weighted by molar-refractivity contribution is -0.121. The summed E-state index contributed by atoms with van der Waals surface area (Å²) in [5, 5.41) is 8.17. The summed E-state index contributed by atoms with van der Waals surface area (Å²) in [4.78, 5) is 22.3. The quantitative estimate of drug-likeness (QED) is 0.659. The first kappa shape index (κ1) is 18.0. The Morgan fingerprint density at radius 2 is 1.73 bits per heavy atom. The minimum Gasteiger partial charge on any atom is -0.355 e. The van der Waals surface area contributed by atoms with E-state index in [1.807, 2.05) is 0 Å². The molecule has 0 aliphatic carbocycles. The van der Waals surface area contributed by atoms with Crippen LogP contribution in [0.4, 0.5) is 8.78 Å². The van der Waals surface area contributed by atoms with Gasteiger partial charge in [0.2, 0.25) is 11.8 Å². The van der Waals surface area contributed by atoms with Gasteiger partial charge in [0.05, 0.1) is 6.54 Å². The molecule has 0 bridgehead atoms. The molecule has 0 spiro atoms. The van der Waals surface area contributed by atoms with Gasteiger partial charge < -0.3 is 10.6 Å². The van der Waals surface area contributed by atoms with Crippen LogP contribution < -0.4 is 16.0 Å². The molecule has 0 atom stereocenters. The standard InChI is InChI=1S/C15H21F2N3O2/c1-10(21)18-6-7-19-14(22)9-20-15(2,3)11-4-5-12(16)13(17)8-11/h4-5,8,20H,6-7,9H2,1-3H3,(H,18,21)(H,19,22). The van der Waals surface area contributed by atoms with Crippen molar-refractivity contribution in [2.45, 2.75) is 26.3 Å². The van der Waals surface area contributed by atoms with E-state index in [1.165, 1.54) is 13.0 Å². The molecule has 0 saturated carbocycles. The molecule has 2 amide bonds. The van der Waals surface area contributed by atoms with Crippen LogP contribution in [0.2, 0.25) is 0 Å². The maximum Gasteiger partial charge on any atom is 0.234 e. The molecule has 1 aromatic carbocycles. The van der Waals surface area contributed by atoms with Crippen molar-refractivity contribution in [3.8, 4) is 0 Å². The SMILES string of the molecule is CC(=O)NCCNC(=O)CNC(C)(C)c1ccc(F)c(F)c1. The Balaban J connectivity index is 2.46. The van der Waals surface area contributed by atoms with E-state index in [9.17, 15) is 18.4 Å². The number of rotatable bonds is 7. The molecular weight excluding hydrogens is 292 g/mol. The largest absolute Gasteiger partial charge is 0.355 e. The zero-order valence-corrected chi connectivity index (χ0v) is 12.9. The van der Waals surface area contributed by atoms with Crippen LogP contribution in [0, 0.1) is 11.6 Å². The average molecular weight is 313 g/mol. The van der Waals surface area contributed by atoms with Crippen LogP contribution in [-0.4, -0.2) is 31.4 Å². The fourth-order valence-electron chi connectivity index (χ4n) is 1.79. The molecule has 0 unspecified atom stereocenters. The number of hydrogen-bond acceptors (Lipinski definition) is 3. The third-order valence-corrected chi connectivity index (χ3v) is 3.15. The second-order valence-electron chi connectivity index (χ2n) is 5.44. The van der Waals surface area contributed by atoms with Gasteiger partial charge in [0.1, 0.15) is 0 Å². The van der Waals surface area contributed by atoms with E-state index >= 15 is 0 Å². The first-order chi connectivity index (χ1) is 10.2. The Kier molecular flexibility index (Phi) is 6.42. The van der Waals surface area contributed by atoms with Crippen LogP contribution in [-0.2, 0) is 15.1 Å². The second-order valence-corrected chi connectivity index (χ2v) is 5.44. The highest BCUT2D eigenvalue weighted by molar-refractivity contribution is 5.78. The molecule has 0 radical (unpaired) electrons. The van der Waals surface area contributed by atoms with Crippen LogP contribution in [0.3, 0.4) is 0 Å². The molecule has 0 aromatic heterocycles. The third-order valence-electron chi connectivity index (χ3n) is 3.15. The monoisotopic (exact) mass is 313 g/mol. The maximum atomic E-state index is 13.3. The predicted molar refractivity (Wildman–Crippen MR) is 79.1 cm³/mol. The van der Waals surface area contributed by atoms with Gasteiger partial charge in [-0.25, -0.2) is 8.78 Å². The molecule has 0 aliphatic heterocycles. The number of nitrogens with one attached hydrogen (secondary N) is 3. The zero-order valence-electron chi connectivity index (χ0n) is 12.9. The number of benzene rings is 1. The summed E-state index contributed by atoms with van der Waals surface area (Å²) in [6.45, 7) is 5.63. The minimum absolute atomic E-state index is 0.0199. The summed E-state index contributed by atoms with van der Waals surface area (Å²) < 4.78 is 26.2. The van der Waals surface area contributed by atoms with Crippen molar-refractivity contribution in [1.82, 2.24) is 16.0 Å². The van der Waals surface area contributed by atoms with E-state index in [2.05, 4.69) is 16.0 Å². The second kappa shape index (κ2) is 7.84. The highest BCUT2D eigenvalue weighted by atomic mass is 19.2. The van der Waals surface area contributed by atoms with Crippen LogP contribution in [0.25, 0.3) is 0 Å². The van der Waals surface area contributed by atoms with Crippen LogP contribution in [0.15, 0.2) is 18.2 Å². The lowest BCUT2D eigenvalue weighted by Gasteiger charge is -2.27. The lowest BCUT2D eigenvalue weighted by atomic mass is 9.94. The zero-order chi connectivity index (χ0) is 16.8. The van der Waals surface area contributed by atoms with Crippen LogP contribution >= 0.6 is 0 Å². The van der Waals surface area contributed by atoms with Gasteiger partial charge in [-0.2, -0.15) is 0 Å². The molecule has 0 fully saturated rings. The Hall–Kier alpha value is -2.02. The summed E-state index contributed by atoms with van der Waals surface area (Å²) in [5.41, 5.74) is -0.152. The molecule has 0 saturated heterocycles.